The van der Waals surface area contributed by atoms with Crippen LogP contribution in [0.1, 0.15) is 40.0 Å². The summed E-state index contributed by atoms with van der Waals surface area (Å²) < 4.78 is 0. The van der Waals surface area contributed by atoms with E-state index in [9.17, 15) is 9.59 Å². The van der Waals surface area contributed by atoms with Gasteiger partial charge >= 0.3 is 5.97 Å². The van der Waals surface area contributed by atoms with E-state index < -0.39 is 5.97 Å². The minimum Gasteiger partial charge on any atom is -0.478 e. The van der Waals surface area contributed by atoms with Gasteiger partial charge in [0.15, 0.2) is 5.78 Å². The first-order valence-corrected chi connectivity index (χ1v) is 5.78. The zero-order valence-corrected chi connectivity index (χ0v) is 9.80. The number of carbonyl (C=O) groups excluding carboxylic acids is 1. The Morgan fingerprint density at radius 1 is 1.39 bits per heavy atom. The molecule has 0 saturated heterocycles. The summed E-state index contributed by atoms with van der Waals surface area (Å²) in [5.41, 5.74) is 5.51. The van der Waals surface area contributed by atoms with Crippen molar-refractivity contribution >= 4 is 17.6 Å². The van der Waals surface area contributed by atoms with Crippen LogP contribution in [0.25, 0.3) is 0 Å². The van der Waals surface area contributed by atoms with E-state index in [1.54, 1.807) is 0 Å². The molecule has 94 valence electrons. The third-order valence-electron chi connectivity index (χ3n) is 3.10. The molecule has 1 heterocycles. The number of aromatic nitrogens is 1. The quantitative estimate of drug-likeness (QED) is 0.627. The third kappa shape index (κ3) is 2.25. The SMILES string of the molecule is Nc1nccc(C(=O)C2CC=CCC2)c1C(=O)O. The lowest BCUT2D eigenvalue weighted by atomic mass is 9.86. The van der Waals surface area contributed by atoms with Gasteiger partial charge in [0.25, 0.3) is 0 Å². The van der Waals surface area contributed by atoms with E-state index in [2.05, 4.69) is 4.98 Å². The lowest BCUT2D eigenvalue weighted by Crippen LogP contribution is -2.20. The number of nitrogen functional groups attached to an aromatic ring is 1. The summed E-state index contributed by atoms with van der Waals surface area (Å²) in [5.74, 6) is -1.64. The van der Waals surface area contributed by atoms with E-state index >= 15 is 0 Å². The number of carbonyl (C=O) groups is 2. The standard InChI is InChI=1S/C13H14N2O3/c14-12-10(13(17)18)9(6-7-15-12)11(16)8-4-2-1-3-5-8/h1-2,6-8H,3-5H2,(H2,14,15)(H,17,18). The highest BCUT2D eigenvalue weighted by molar-refractivity contribution is 6.09. The summed E-state index contributed by atoms with van der Waals surface area (Å²) >= 11 is 0. The van der Waals surface area contributed by atoms with Crippen LogP contribution in [0.4, 0.5) is 5.82 Å². The van der Waals surface area contributed by atoms with Crippen LogP contribution in [0.2, 0.25) is 0 Å². The summed E-state index contributed by atoms with van der Waals surface area (Å²) in [6.45, 7) is 0. The lowest BCUT2D eigenvalue weighted by Gasteiger charge is -2.17. The van der Waals surface area contributed by atoms with E-state index in [1.807, 2.05) is 12.2 Å². The molecule has 0 aromatic carbocycles. The van der Waals surface area contributed by atoms with Gasteiger partial charge in [-0.25, -0.2) is 9.78 Å². The number of nitrogens with two attached hydrogens (primary N) is 1. The number of hydrogen-bond donors (Lipinski definition) is 2. The molecular formula is C13H14N2O3. The van der Waals surface area contributed by atoms with Crippen molar-refractivity contribution in [1.29, 1.82) is 0 Å². The maximum Gasteiger partial charge on any atom is 0.340 e. The Labute approximate surface area is 104 Å². The van der Waals surface area contributed by atoms with Gasteiger partial charge in [0, 0.05) is 17.7 Å². The molecule has 1 aliphatic rings. The first-order chi connectivity index (χ1) is 8.61. The Bertz CT molecular complexity index is 523. The fourth-order valence-electron chi connectivity index (χ4n) is 2.16. The second-order valence-corrected chi connectivity index (χ2v) is 4.27. The Morgan fingerprint density at radius 2 is 2.17 bits per heavy atom. The smallest absolute Gasteiger partial charge is 0.340 e. The number of carboxylic acids is 1. The van der Waals surface area contributed by atoms with E-state index in [0.29, 0.717) is 6.42 Å². The predicted octanol–water partition coefficient (Wildman–Crippen LogP) is 1.90. The minimum absolute atomic E-state index is 0.111. The fourth-order valence-corrected chi connectivity index (χ4v) is 2.16. The first kappa shape index (κ1) is 12.3. The molecule has 5 nitrogen and oxygen atoms in total. The van der Waals surface area contributed by atoms with Gasteiger partial charge in [-0.05, 0) is 25.3 Å². The van der Waals surface area contributed by atoms with Crippen LogP contribution < -0.4 is 5.73 Å². The van der Waals surface area contributed by atoms with Gasteiger partial charge < -0.3 is 10.8 Å². The largest absolute Gasteiger partial charge is 0.478 e. The highest BCUT2D eigenvalue weighted by Crippen LogP contribution is 2.25. The van der Waals surface area contributed by atoms with E-state index in [1.165, 1.54) is 12.3 Å². The maximum absolute atomic E-state index is 12.3. The molecule has 18 heavy (non-hydrogen) atoms. The van der Waals surface area contributed by atoms with Crippen LogP contribution in [0.5, 0.6) is 0 Å². The number of carboxylic acid groups (broad SMARTS) is 1. The van der Waals surface area contributed by atoms with Crippen LogP contribution in [-0.2, 0) is 0 Å². The highest BCUT2D eigenvalue weighted by atomic mass is 16.4. The van der Waals surface area contributed by atoms with E-state index in [0.717, 1.165) is 12.8 Å². The van der Waals surface area contributed by atoms with Gasteiger partial charge in [0.05, 0.1) is 0 Å². The van der Waals surface area contributed by atoms with Crippen molar-refractivity contribution < 1.29 is 14.7 Å². The zero-order valence-electron chi connectivity index (χ0n) is 9.80. The molecule has 2 rings (SSSR count). The molecule has 1 unspecified atom stereocenters. The lowest BCUT2D eigenvalue weighted by molar-refractivity contribution is 0.0690. The molecule has 0 saturated carbocycles. The third-order valence-corrected chi connectivity index (χ3v) is 3.10. The molecule has 0 spiro atoms. The first-order valence-electron chi connectivity index (χ1n) is 5.78. The van der Waals surface area contributed by atoms with E-state index in [-0.39, 0.29) is 28.6 Å². The summed E-state index contributed by atoms with van der Waals surface area (Å²) in [6.07, 6.45) is 7.60. The number of pyridine rings is 1. The Hall–Kier alpha value is -2.17. The molecule has 1 aliphatic carbocycles. The van der Waals surface area contributed by atoms with Gasteiger partial charge in [-0.1, -0.05) is 12.2 Å². The summed E-state index contributed by atoms with van der Waals surface area (Å²) in [7, 11) is 0. The van der Waals surface area contributed by atoms with Crippen molar-refractivity contribution in [2.24, 2.45) is 5.92 Å². The van der Waals surface area contributed by atoms with Gasteiger partial charge in [0.2, 0.25) is 0 Å². The molecule has 1 aromatic heterocycles. The summed E-state index contributed by atoms with van der Waals surface area (Å²) in [4.78, 5) is 27.2. The molecule has 0 bridgehead atoms. The number of allylic oxidation sites excluding steroid dienone is 2. The molecule has 0 amide bonds. The number of anilines is 1. The topological polar surface area (TPSA) is 93.3 Å². The van der Waals surface area contributed by atoms with Gasteiger partial charge in [-0.2, -0.15) is 0 Å². The highest BCUT2D eigenvalue weighted by Gasteiger charge is 2.26. The summed E-state index contributed by atoms with van der Waals surface area (Å²) in [5, 5.41) is 9.11. The summed E-state index contributed by atoms with van der Waals surface area (Å²) in [6, 6.07) is 1.43. The van der Waals surface area contributed by atoms with Crippen molar-refractivity contribution in [3.8, 4) is 0 Å². The van der Waals surface area contributed by atoms with Crippen molar-refractivity contribution in [2.75, 3.05) is 5.73 Å². The number of hydrogen-bond acceptors (Lipinski definition) is 4. The van der Waals surface area contributed by atoms with Crippen molar-refractivity contribution in [1.82, 2.24) is 4.98 Å². The molecular weight excluding hydrogens is 232 g/mol. The maximum atomic E-state index is 12.3. The van der Waals surface area contributed by atoms with Crippen molar-refractivity contribution in [3.63, 3.8) is 0 Å². The van der Waals surface area contributed by atoms with Crippen LogP contribution in [0.3, 0.4) is 0 Å². The minimum atomic E-state index is -1.21. The van der Waals surface area contributed by atoms with E-state index in [4.69, 9.17) is 10.8 Å². The normalized spacial score (nSPS) is 18.6. The van der Waals surface area contributed by atoms with Gasteiger partial charge in [0.1, 0.15) is 11.4 Å². The number of nitrogens with zero attached hydrogens (tertiary/aromatic N) is 1. The molecule has 0 radical (unpaired) electrons. The average molecular weight is 246 g/mol. The average Bonchev–Trinajstić information content (AvgIpc) is 2.38. The van der Waals surface area contributed by atoms with Crippen LogP contribution >= 0.6 is 0 Å². The van der Waals surface area contributed by atoms with Crippen LogP contribution in [0, 0.1) is 5.92 Å². The van der Waals surface area contributed by atoms with Crippen molar-refractivity contribution in [3.05, 3.63) is 35.5 Å². The zero-order chi connectivity index (χ0) is 13.1. The monoisotopic (exact) mass is 246 g/mol. The number of rotatable bonds is 3. The molecule has 5 heteroatoms. The predicted molar refractivity (Wildman–Crippen MR) is 66.4 cm³/mol. The number of aromatic carboxylic acids is 1. The molecule has 3 N–H and O–H groups in total. The van der Waals surface area contributed by atoms with Crippen LogP contribution in [-0.4, -0.2) is 21.8 Å². The molecule has 0 aliphatic heterocycles. The second-order valence-electron chi connectivity index (χ2n) is 4.27. The molecule has 0 fully saturated rings. The van der Waals surface area contributed by atoms with Crippen LogP contribution in [0.15, 0.2) is 24.4 Å². The Morgan fingerprint density at radius 3 is 2.78 bits per heavy atom. The number of ketones is 1. The Kier molecular flexibility index (Phi) is 3.41. The van der Waals surface area contributed by atoms with Gasteiger partial charge in [-0.15, -0.1) is 0 Å². The number of Topliss-reactive ketones (excluding diaryl/α,β-unsaturated/α-hetero) is 1. The Balaban J connectivity index is 2.38. The second kappa shape index (κ2) is 5.00. The molecule has 1 aromatic rings. The van der Waals surface area contributed by atoms with Crippen molar-refractivity contribution in [2.45, 2.75) is 19.3 Å². The van der Waals surface area contributed by atoms with Gasteiger partial charge in [-0.3, -0.25) is 4.79 Å². The fraction of sp³-hybridized carbons (Fsp3) is 0.308. The molecule has 1 atom stereocenters.